The third-order valence-electron chi connectivity index (χ3n) is 2.15. The van der Waals surface area contributed by atoms with Crippen molar-refractivity contribution in [2.75, 3.05) is 0 Å². The minimum absolute atomic E-state index is 0.0275. The molecule has 2 heterocycles. The van der Waals surface area contributed by atoms with Gasteiger partial charge in [0.25, 0.3) is 0 Å². The molecule has 0 unspecified atom stereocenters. The zero-order valence-corrected chi connectivity index (χ0v) is 9.06. The minimum atomic E-state index is 0.0275. The summed E-state index contributed by atoms with van der Waals surface area (Å²) in [6.45, 7) is 6.36. The van der Waals surface area contributed by atoms with E-state index in [0.29, 0.717) is 5.82 Å². The SMILES string of the molecule is CC(C)(C)c1cc(-c2ncon2)ccn1. The Kier molecular flexibility index (Phi) is 2.26. The molecule has 0 atom stereocenters. The maximum Gasteiger partial charge on any atom is 0.214 e. The molecule has 0 bridgehead atoms. The first-order valence-corrected chi connectivity index (χ1v) is 4.80. The number of aromatic nitrogens is 3. The largest absolute Gasteiger partial charge is 0.342 e. The third kappa shape index (κ3) is 2.03. The summed E-state index contributed by atoms with van der Waals surface area (Å²) >= 11 is 0. The fourth-order valence-corrected chi connectivity index (χ4v) is 1.28. The minimum Gasteiger partial charge on any atom is -0.342 e. The van der Waals surface area contributed by atoms with Crippen LogP contribution in [-0.4, -0.2) is 15.1 Å². The second-order valence-corrected chi connectivity index (χ2v) is 4.43. The van der Waals surface area contributed by atoms with E-state index in [0.717, 1.165) is 11.3 Å². The fraction of sp³-hybridized carbons (Fsp3) is 0.364. The molecule has 0 aliphatic heterocycles. The van der Waals surface area contributed by atoms with Crippen molar-refractivity contribution in [3.05, 3.63) is 30.4 Å². The molecular weight excluding hydrogens is 190 g/mol. The second-order valence-electron chi connectivity index (χ2n) is 4.43. The Labute approximate surface area is 88.4 Å². The zero-order chi connectivity index (χ0) is 10.9. The molecule has 0 spiro atoms. The summed E-state index contributed by atoms with van der Waals surface area (Å²) in [5, 5.41) is 3.80. The van der Waals surface area contributed by atoms with Gasteiger partial charge in [-0.15, -0.1) is 0 Å². The summed E-state index contributed by atoms with van der Waals surface area (Å²) in [5.41, 5.74) is 1.98. The number of hydrogen-bond donors (Lipinski definition) is 0. The predicted octanol–water partition coefficient (Wildman–Crippen LogP) is 2.43. The quantitative estimate of drug-likeness (QED) is 0.714. The van der Waals surface area contributed by atoms with Crippen molar-refractivity contribution in [1.29, 1.82) is 0 Å². The van der Waals surface area contributed by atoms with Crippen LogP contribution in [0.25, 0.3) is 11.4 Å². The lowest BCUT2D eigenvalue weighted by Crippen LogP contribution is -2.13. The topological polar surface area (TPSA) is 51.8 Å². The molecule has 15 heavy (non-hydrogen) atoms. The molecule has 2 rings (SSSR count). The van der Waals surface area contributed by atoms with E-state index in [1.807, 2.05) is 12.1 Å². The Bertz CT molecular complexity index is 443. The van der Waals surface area contributed by atoms with E-state index < -0.39 is 0 Å². The van der Waals surface area contributed by atoms with Crippen LogP contribution in [0.2, 0.25) is 0 Å². The highest BCUT2D eigenvalue weighted by Crippen LogP contribution is 2.23. The van der Waals surface area contributed by atoms with Crippen LogP contribution < -0.4 is 0 Å². The van der Waals surface area contributed by atoms with Crippen LogP contribution in [0, 0.1) is 0 Å². The van der Waals surface area contributed by atoms with Crippen molar-refractivity contribution in [3.8, 4) is 11.4 Å². The lowest BCUT2D eigenvalue weighted by molar-refractivity contribution is 0.418. The molecule has 0 amide bonds. The van der Waals surface area contributed by atoms with Gasteiger partial charge in [0.05, 0.1) is 0 Å². The Hall–Kier alpha value is -1.71. The van der Waals surface area contributed by atoms with E-state index in [4.69, 9.17) is 4.52 Å². The van der Waals surface area contributed by atoms with E-state index in [9.17, 15) is 0 Å². The van der Waals surface area contributed by atoms with Gasteiger partial charge in [-0.2, -0.15) is 4.98 Å². The molecule has 2 aromatic heterocycles. The van der Waals surface area contributed by atoms with Gasteiger partial charge in [0.15, 0.2) is 0 Å². The summed E-state index contributed by atoms with van der Waals surface area (Å²) in [5.74, 6) is 0.600. The lowest BCUT2D eigenvalue weighted by Gasteiger charge is -2.17. The van der Waals surface area contributed by atoms with Crippen molar-refractivity contribution in [2.45, 2.75) is 26.2 Å². The summed E-state index contributed by atoms with van der Waals surface area (Å²) < 4.78 is 4.71. The highest BCUT2D eigenvalue weighted by atomic mass is 16.5. The molecule has 78 valence electrons. The molecule has 0 radical (unpaired) electrons. The normalized spacial score (nSPS) is 11.7. The average Bonchev–Trinajstić information content (AvgIpc) is 2.69. The fourth-order valence-electron chi connectivity index (χ4n) is 1.28. The second kappa shape index (κ2) is 3.46. The smallest absolute Gasteiger partial charge is 0.214 e. The van der Waals surface area contributed by atoms with E-state index in [2.05, 4.69) is 35.9 Å². The maximum absolute atomic E-state index is 4.71. The molecular formula is C11H13N3O. The molecule has 2 aromatic rings. The average molecular weight is 203 g/mol. The predicted molar refractivity (Wildman–Crippen MR) is 56.2 cm³/mol. The third-order valence-corrected chi connectivity index (χ3v) is 2.15. The van der Waals surface area contributed by atoms with E-state index >= 15 is 0 Å². The van der Waals surface area contributed by atoms with Crippen LogP contribution in [0.5, 0.6) is 0 Å². The number of pyridine rings is 1. The monoisotopic (exact) mass is 203 g/mol. The van der Waals surface area contributed by atoms with Gasteiger partial charge in [-0.3, -0.25) is 4.98 Å². The van der Waals surface area contributed by atoms with Gasteiger partial charge in [0, 0.05) is 22.9 Å². The molecule has 0 N–H and O–H groups in total. The maximum atomic E-state index is 4.71. The number of rotatable bonds is 1. The van der Waals surface area contributed by atoms with Gasteiger partial charge in [0.1, 0.15) is 0 Å². The summed E-state index contributed by atoms with van der Waals surface area (Å²) in [4.78, 5) is 8.34. The summed E-state index contributed by atoms with van der Waals surface area (Å²) in [6.07, 6.45) is 3.10. The van der Waals surface area contributed by atoms with Gasteiger partial charge in [0.2, 0.25) is 12.2 Å². The Morgan fingerprint density at radius 1 is 1.20 bits per heavy atom. The standard InChI is InChI=1S/C11H13N3O/c1-11(2,3)9-6-8(4-5-12-9)10-13-7-15-14-10/h4-7H,1-3H3. The Morgan fingerprint density at radius 3 is 2.60 bits per heavy atom. The first-order valence-electron chi connectivity index (χ1n) is 4.80. The van der Waals surface area contributed by atoms with Crippen molar-refractivity contribution >= 4 is 0 Å². The van der Waals surface area contributed by atoms with Crippen LogP contribution in [-0.2, 0) is 5.41 Å². The summed E-state index contributed by atoms with van der Waals surface area (Å²) in [6, 6.07) is 3.87. The van der Waals surface area contributed by atoms with Crippen LogP contribution in [0.4, 0.5) is 0 Å². The molecule has 4 heteroatoms. The summed E-state index contributed by atoms with van der Waals surface area (Å²) in [7, 11) is 0. The highest BCUT2D eigenvalue weighted by Gasteiger charge is 2.16. The van der Waals surface area contributed by atoms with E-state index in [-0.39, 0.29) is 5.41 Å². The van der Waals surface area contributed by atoms with Crippen LogP contribution in [0.1, 0.15) is 26.5 Å². The van der Waals surface area contributed by atoms with E-state index in [1.54, 1.807) is 6.20 Å². The highest BCUT2D eigenvalue weighted by molar-refractivity contribution is 5.54. The molecule has 0 saturated carbocycles. The molecule has 0 aliphatic rings. The molecule has 0 fully saturated rings. The van der Waals surface area contributed by atoms with Crippen molar-refractivity contribution in [2.24, 2.45) is 0 Å². The number of hydrogen-bond acceptors (Lipinski definition) is 4. The van der Waals surface area contributed by atoms with Gasteiger partial charge in [-0.25, -0.2) is 0 Å². The van der Waals surface area contributed by atoms with Crippen LogP contribution in [0.15, 0.2) is 29.2 Å². The van der Waals surface area contributed by atoms with Gasteiger partial charge in [-0.1, -0.05) is 25.9 Å². The molecule has 0 saturated heterocycles. The first-order chi connectivity index (χ1) is 7.07. The lowest BCUT2D eigenvalue weighted by atomic mass is 9.91. The van der Waals surface area contributed by atoms with Crippen molar-refractivity contribution in [1.82, 2.24) is 15.1 Å². The molecule has 0 aromatic carbocycles. The zero-order valence-electron chi connectivity index (χ0n) is 9.06. The van der Waals surface area contributed by atoms with E-state index in [1.165, 1.54) is 6.39 Å². The van der Waals surface area contributed by atoms with Gasteiger partial charge < -0.3 is 4.52 Å². The molecule has 4 nitrogen and oxygen atoms in total. The number of nitrogens with zero attached hydrogens (tertiary/aromatic N) is 3. The van der Waals surface area contributed by atoms with Crippen LogP contribution >= 0.6 is 0 Å². The van der Waals surface area contributed by atoms with Crippen LogP contribution in [0.3, 0.4) is 0 Å². The molecule has 0 aliphatic carbocycles. The van der Waals surface area contributed by atoms with Crippen molar-refractivity contribution in [3.63, 3.8) is 0 Å². The van der Waals surface area contributed by atoms with Gasteiger partial charge in [-0.05, 0) is 12.1 Å². The Balaban J connectivity index is 2.44. The van der Waals surface area contributed by atoms with Gasteiger partial charge >= 0.3 is 0 Å². The van der Waals surface area contributed by atoms with Crippen molar-refractivity contribution < 1.29 is 4.52 Å². The Morgan fingerprint density at radius 2 is 2.00 bits per heavy atom. The first kappa shape index (κ1) is 9.83.